The zero-order valence-electron chi connectivity index (χ0n) is 12.7. The Bertz CT molecular complexity index is 350. The Morgan fingerprint density at radius 2 is 2.05 bits per heavy atom. The van der Waals surface area contributed by atoms with Crippen molar-refractivity contribution in [2.24, 2.45) is 0 Å². The highest BCUT2D eigenvalue weighted by Gasteiger charge is 2.23. The van der Waals surface area contributed by atoms with Crippen molar-refractivity contribution in [3.05, 3.63) is 0 Å². The molecule has 120 valence electrons. The first kappa shape index (κ1) is 16.0. The molecule has 7 heteroatoms. The van der Waals surface area contributed by atoms with Gasteiger partial charge in [0.2, 0.25) is 5.91 Å². The summed E-state index contributed by atoms with van der Waals surface area (Å²) in [5.74, 6) is 0.0232. The third-order valence-corrected chi connectivity index (χ3v) is 3.82. The van der Waals surface area contributed by atoms with Gasteiger partial charge in [-0.15, -0.1) is 0 Å². The molecule has 2 amide bonds. The lowest BCUT2D eigenvalue weighted by Gasteiger charge is -2.33. The minimum Gasteiger partial charge on any atom is -0.450 e. The molecule has 2 heterocycles. The van der Waals surface area contributed by atoms with Crippen molar-refractivity contribution in [1.29, 1.82) is 0 Å². The van der Waals surface area contributed by atoms with Crippen LogP contribution in [0.5, 0.6) is 0 Å². The van der Waals surface area contributed by atoms with Crippen molar-refractivity contribution in [2.75, 3.05) is 52.5 Å². The van der Waals surface area contributed by atoms with Crippen LogP contribution in [0.25, 0.3) is 0 Å². The Hall–Kier alpha value is -1.34. The second-order valence-corrected chi connectivity index (χ2v) is 5.40. The number of carbonyl (C=O) groups is 2. The molecule has 0 aromatic rings. The monoisotopic (exact) mass is 299 g/mol. The molecule has 2 aliphatic rings. The molecule has 1 N–H and O–H groups in total. The maximum atomic E-state index is 11.9. The van der Waals surface area contributed by atoms with Crippen LogP contribution >= 0.6 is 0 Å². The average molecular weight is 299 g/mol. The lowest BCUT2D eigenvalue weighted by Crippen LogP contribution is -2.51. The number of ether oxygens (including phenoxy) is 2. The van der Waals surface area contributed by atoms with Gasteiger partial charge in [0, 0.05) is 39.3 Å². The maximum absolute atomic E-state index is 11.9. The van der Waals surface area contributed by atoms with Crippen molar-refractivity contribution in [1.82, 2.24) is 15.1 Å². The summed E-state index contributed by atoms with van der Waals surface area (Å²) in [4.78, 5) is 27.2. The highest BCUT2D eigenvalue weighted by Crippen LogP contribution is 2.10. The van der Waals surface area contributed by atoms with Gasteiger partial charge in [-0.1, -0.05) is 0 Å². The third kappa shape index (κ3) is 5.17. The van der Waals surface area contributed by atoms with E-state index in [-0.39, 0.29) is 18.1 Å². The maximum Gasteiger partial charge on any atom is 0.409 e. The molecule has 0 radical (unpaired) electrons. The van der Waals surface area contributed by atoms with E-state index >= 15 is 0 Å². The van der Waals surface area contributed by atoms with Crippen LogP contribution in [-0.4, -0.2) is 80.4 Å². The fraction of sp³-hybridized carbons (Fsp3) is 0.857. The predicted octanol–water partition coefficient (Wildman–Crippen LogP) is 0.0557. The Labute approximate surface area is 125 Å². The Morgan fingerprint density at radius 1 is 1.29 bits per heavy atom. The van der Waals surface area contributed by atoms with E-state index in [1.807, 2.05) is 0 Å². The predicted molar refractivity (Wildman–Crippen MR) is 77.0 cm³/mol. The molecular weight excluding hydrogens is 274 g/mol. The van der Waals surface area contributed by atoms with Crippen LogP contribution in [0.4, 0.5) is 4.79 Å². The summed E-state index contributed by atoms with van der Waals surface area (Å²) in [5, 5.41) is 2.92. The average Bonchev–Trinajstić information content (AvgIpc) is 2.99. The summed E-state index contributed by atoms with van der Waals surface area (Å²) in [6.07, 6.45) is 2.02. The van der Waals surface area contributed by atoms with Crippen LogP contribution in [-0.2, 0) is 14.3 Å². The van der Waals surface area contributed by atoms with Gasteiger partial charge in [-0.25, -0.2) is 4.79 Å². The number of nitrogens with one attached hydrogen (secondary N) is 1. The molecule has 21 heavy (non-hydrogen) atoms. The van der Waals surface area contributed by atoms with E-state index in [4.69, 9.17) is 9.47 Å². The molecule has 2 saturated heterocycles. The standard InChI is InChI=1S/C14H25N3O4/c1-2-20-14(19)17-7-5-16(6-8-17)11-13(18)15-10-12-4-3-9-21-12/h12H,2-11H2,1H3,(H,15,18)/t12-/m1/s1. The molecule has 2 aliphatic heterocycles. The highest BCUT2D eigenvalue weighted by atomic mass is 16.6. The zero-order chi connectivity index (χ0) is 15.1. The van der Waals surface area contributed by atoms with Crippen molar-refractivity contribution in [3.63, 3.8) is 0 Å². The lowest BCUT2D eigenvalue weighted by atomic mass is 10.2. The molecule has 1 atom stereocenters. The molecule has 2 fully saturated rings. The van der Waals surface area contributed by atoms with Gasteiger partial charge in [0.25, 0.3) is 0 Å². The molecule has 0 unspecified atom stereocenters. The summed E-state index contributed by atoms with van der Waals surface area (Å²) < 4.78 is 10.4. The molecule has 7 nitrogen and oxygen atoms in total. The summed E-state index contributed by atoms with van der Waals surface area (Å²) >= 11 is 0. The Kier molecular flexibility index (Phi) is 6.25. The van der Waals surface area contributed by atoms with Crippen molar-refractivity contribution < 1.29 is 19.1 Å². The van der Waals surface area contributed by atoms with E-state index in [1.54, 1.807) is 11.8 Å². The largest absolute Gasteiger partial charge is 0.450 e. The van der Waals surface area contributed by atoms with Gasteiger partial charge in [-0.05, 0) is 19.8 Å². The first-order valence-corrected chi connectivity index (χ1v) is 7.71. The molecule has 0 spiro atoms. The third-order valence-electron chi connectivity index (χ3n) is 3.82. The van der Waals surface area contributed by atoms with E-state index in [0.29, 0.717) is 45.9 Å². The first-order valence-electron chi connectivity index (χ1n) is 7.71. The van der Waals surface area contributed by atoms with Crippen molar-refractivity contribution in [2.45, 2.75) is 25.9 Å². The van der Waals surface area contributed by atoms with Gasteiger partial charge >= 0.3 is 6.09 Å². The van der Waals surface area contributed by atoms with Gasteiger partial charge in [0.15, 0.2) is 0 Å². The molecule has 0 aromatic heterocycles. The molecule has 2 rings (SSSR count). The number of piperazine rings is 1. The van der Waals surface area contributed by atoms with E-state index in [9.17, 15) is 9.59 Å². The number of amides is 2. The lowest BCUT2D eigenvalue weighted by molar-refractivity contribution is -0.123. The van der Waals surface area contributed by atoms with Crippen molar-refractivity contribution in [3.8, 4) is 0 Å². The Morgan fingerprint density at radius 3 is 2.67 bits per heavy atom. The SMILES string of the molecule is CCOC(=O)N1CCN(CC(=O)NC[C@H]2CCCO2)CC1. The number of hydrogen-bond donors (Lipinski definition) is 1. The van der Waals surface area contributed by atoms with Gasteiger partial charge in [-0.3, -0.25) is 9.69 Å². The number of hydrogen-bond acceptors (Lipinski definition) is 5. The molecular formula is C14H25N3O4. The van der Waals surface area contributed by atoms with Crippen LogP contribution in [0.1, 0.15) is 19.8 Å². The number of nitrogens with zero attached hydrogens (tertiary/aromatic N) is 2. The van der Waals surface area contributed by atoms with E-state index in [1.165, 1.54) is 0 Å². The normalized spacial score (nSPS) is 23.1. The zero-order valence-corrected chi connectivity index (χ0v) is 12.7. The fourth-order valence-electron chi connectivity index (χ4n) is 2.60. The van der Waals surface area contributed by atoms with Gasteiger partial charge in [0.1, 0.15) is 0 Å². The van der Waals surface area contributed by atoms with Crippen LogP contribution in [0.3, 0.4) is 0 Å². The van der Waals surface area contributed by atoms with Gasteiger partial charge < -0.3 is 19.7 Å². The van der Waals surface area contributed by atoms with Crippen LogP contribution in [0.2, 0.25) is 0 Å². The van der Waals surface area contributed by atoms with Crippen LogP contribution in [0, 0.1) is 0 Å². The Balaban J connectivity index is 1.61. The highest BCUT2D eigenvalue weighted by molar-refractivity contribution is 5.78. The smallest absolute Gasteiger partial charge is 0.409 e. The van der Waals surface area contributed by atoms with E-state index in [2.05, 4.69) is 10.2 Å². The van der Waals surface area contributed by atoms with Crippen molar-refractivity contribution >= 4 is 12.0 Å². The molecule has 0 bridgehead atoms. The second-order valence-electron chi connectivity index (χ2n) is 5.40. The summed E-state index contributed by atoms with van der Waals surface area (Å²) in [5.41, 5.74) is 0. The first-order chi connectivity index (χ1) is 10.2. The number of carbonyl (C=O) groups excluding carboxylic acids is 2. The van der Waals surface area contributed by atoms with Crippen LogP contribution in [0.15, 0.2) is 0 Å². The molecule has 0 aromatic carbocycles. The minimum atomic E-state index is -0.264. The number of rotatable bonds is 5. The second kappa shape index (κ2) is 8.19. The summed E-state index contributed by atoms with van der Waals surface area (Å²) in [6, 6.07) is 0. The topological polar surface area (TPSA) is 71.1 Å². The quantitative estimate of drug-likeness (QED) is 0.777. The van der Waals surface area contributed by atoms with E-state index < -0.39 is 0 Å². The fourth-order valence-corrected chi connectivity index (χ4v) is 2.60. The molecule has 0 aliphatic carbocycles. The summed E-state index contributed by atoms with van der Waals surface area (Å²) in [6.45, 7) is 6.59. The van der Waals surface area contributed by atoms with E-state index in [0.717, 1.165) is 19.4 Å². The molecule has 0 saturated carbocycles. The van der Waals surface area contributed by atoms with Gasteiger partial charge in [-0.2, -0.15) is 0 Å². The summed E-state index contributed by atoms with van der Waals surface area (Å²) in [7, 11) is 0. The van der Waals surface area contributed by atoms with Crippen LogP contribution < -0.4 is 5.32 Å². The minimum absolute atomic E-state index is 0.0232. The van der Waals surface area contributed by atoms with Gasteiger partial charge in [0.05, 0.1) is 19.3 Å².